The van der Waals surface area contributed by atoms with Crippen LogP contribution in [0.3, 0.4) is 0 Å². The van der Waals surface area contributed by atoms with Gasteiger partial charge in [0, 0.05) is 24.2 Å². The summed E-state index contributed by atoms with van der Waals surface area (Å²) in [4.78, 5) is 27.2. The molecule has 2 amide bonds. The summed E-state index contributed by atoms with van der Waals surface area (Å²) in [6.07, 6.45) is -0.262. The van der Waals surface area contributed by atoms with Gasteiger partial charge in [0.15, 0.2) is 0 Å². The first-order chi connectivity index (χ1) is 23.1. The van der Waals surface area contributed by atoms with Crippen molar-refractivity contribution < 1.29 is 27.9 Å². The number of benzene rings is 4. The third-order valence-electron chi connectivity index (χ3n) is 7.75. The molecule has 0 radical (unpaired) electrons. The second-order valence-corrected chi connectivity index (χ2v) is 13.5. The average molecular weight is 673 g/mol. The van der Waals surface area contributed by atoms with Gasteiger partial charge >= 0.3 is 0 Å². The van der Waals surface area contributed by atoms with Gasteiger partial charge in [-0.15, -0.1) is 0 Å². The summed E-state index contributed by atoms with van der Waals surface area (Å²) in [6, 6.07) is 29.7. The van der Waals surface area contributed by atoms with E-state index in [4.69, 9.17) is 4.74 Å². The van der Waals surface area contributed by atoms with Crippen LogP contribution in [0, 0.1) is 0 Å². The largest absolute Gasteiger partial charge is 0.497 e. The number of hydrogen-bond donors (Lipinski definition) is 5. The van der Waals surface area contributed by atoms with Crippen molar-refractivity contribution in [1.29, 1.82) is 0 Å². The van der Waals surface area contributed by atoms with Crippen molar-refractivity contribution >= 4 is 27.5 Å². The summed E-state index contributed by atoms with van der Waals surface area (Å²) in [5, 5.41) is 20.4. The Morgan fingerprint density at radius 3 is 2.08 bits per heavy atom. The minimum atomic E-state index is -3.72. The number of carbonyl (C=O) groups excluding carboxylic acids is 2. The lowest BCUT2D eigenvalue weighted by molar-refractivity contribution is 0.0830. The number of aliphatic hydroxyl groups excluding tert-OH is 1. The Labute approximate surface area is 283 Å². The molecule has 0 bridgehead atoms. The van der Waals surface area contributed by atoms with Crippen molar-refractivity contribution in [2.45, 2.75) is 51.4 Å². The maximum absolute atomic E-state index is 13.8. The minimum Gasteiger partial charge on any atom is -0.497 e. The van der Waals surface area contributed by atoms with Crippen molar-refractivity contribution in [2.24, 2.45) is 0 Å². The van der Waals surface area contributed by atoms with E-state index in [2.05, 4.69) is 20.7 Å². The molecule has 0 aliphatic heterocycles. The molecule has 4 aromatic carbocycles. The molecule has 4 aromatic rings. The smallest absolute Gasteiger partial charge is 0.251 e. The first kappa shape index (κ1) is 36.1. The standard InChI is InChI=1S/C37H44N4O6S/c1-4-18-48(45,46)41-32-22-30(36(43)39-26(2)29-15-9-6-10-16-29)21-31(23-32)37(44)40-34(20-27-12-7-5-8-13-27)35(42)25-38-24-28-14-11-17-33(19-28)47-3/h5-17,19,21-23,26,34-35,38,41-42H,4,18,20,24-25H2,1-3H3,(H,39,43)(H,40,44)/t26-,34+,35-/m1/s1. The number of amides is 2. The molecule has 5 N–H and O–H groups in total. The lowest BCUT2D eigenvalue weighted by atomic mass is 10.00. The Kier molecular flexibility index (Phi) is 13.1. The van der Waals surface area contributed by atoms with E-state index in [0.29, 0.717) is 19.4 Å². The summed E-state index contributed by atoms with van der Waals surface area (Å²) in [5.74, 6) is -0.431. The van der Waals surface area contributed by atoms with Crippen LogP contribution in [0.1, 0.15) is 63.7 Å². The number of methoxy groups -OCH3 is 1. The lowest BCUT2D eigenvalue weighted by Gasteiger charge is -2.25. The number of sulfonamides is 1. The second kappa shape index (κ2) is 17.4. The van der Waals surface area contributed by atoms with Crippen LogP contribution in [0.2, 0.25) is 0 Å². The van der Waals surface area contributed by atoms with E-state index in [9.17, 15) is 23.1 Å². The number of hydrogen-bond acceptors (Lipinski definition) is 7. The fraction of sp³-hybridized carbons (Fsp3) is 0.297. The molecule has 0 saturated heterocycles. The van der Waals surface area contributed by atoms with Crippen molar-refractivity contribution in [2.75, 3.05) is 24.1 Å². The van der Waals surface area contributed by atoms with Crippen LogP contribution in [0.5, 0.6) is 5.75 Å². The van der Waals surface area contributed by atoms with Crippen LogP contribution in [-0.4, -0.2) is 56.9 Å². The summed E-state index contributed by atoms with van der Waals surface area (Å²) in [7, 11) is -2.12. The van der Waals surface area contributed by atoms with Crippen LogP contribution in [0.4, 0.5) is 5.69 Å². The summed E-state index contributed by atoms with van der Waals surface area (Å²) in [5.41, 5.74) is 3.04. The quantitative estimate of drug-likeness (QED) is 0.108. The van der Waals surface area contributed by atoms with Crippen LogP contribution in [-0.2, 0) is 23.0 Å². The first-order valence-electron chi connectivity index (χ1n) is 15.9. The summed E-state index contributed by atoms with van der Waals surface area (Å²) in [6.45, 7) is 4.24. The third-order valence-corrected chi connectivity index (χ3v) is 9.24. The SMILES string of the molecule is CCCS(=O)(=O)Nc1cc(C(=O)N[C@@H](Cc2ccccc2)[C@H](O)CNCc2cccc(OC)c2)cc(C(=O)N[C@H](C)c2ccccc2)c1. The molecule has 0 aliphatic rings. The normalized spacial score (nSPS) is 13.2. The summed E-state index contributed by atoms with van der Waals surface area (Å²) < 4.78 is 33.2. The topological polar surface area (TPSA) is 146 Å². The van der Waals surface area contributed by atoms with E-state index in [1.807, 2.05) is 91.9 Å². The molecule has 10 nitrogen and oxygen atoms in total. The number of aliphatic hydroxyl groups is 1. The number of carbonyl (C=O) groups is 2. The molecule has 0 aliphatic carbocycles. The first-order valence-corrected chi connectivity index (χ1v) is 17.6. The molecular weight excluding hydrogens is 628 g/mol. The van der Waals surface area contributed by atoms with Crippen molar-refractivity contribution in [3.63, 3.8) is 0 Å². The van der Waals surface area contributed by atoms with E-state index in [1.54, 1.807) is 14.0 Å². The van der Waals surface area contributed by atoms with Gasteiger partial charge in [-0.25, -0.2) is 8.42 Å². The molecule has 4 rings (SSSR count). The molecule has 48 heavy (non-hydrogen) atoms. The van der Waals surface area contributed by atoms with E-state index in [0.717, 1.165) is 22.4 Å². The van der Waals surface area contributed by atoms with Gasteiger partial charge in [-0.3, -0.25) is 14.3 Å². The van der Waals surface area contributed by atoms with E-state index in [1.165, 1.54) is 18.2 Å². The van der Waals surface area contributed by atoms with Gasteiger partial charge in [-0.05, 0) is 66.8 Å². The fourth-order valence-corrected chi connectivity index (χ4v) is 6.36. The van der Waals surface area contributed by atoms with E-state index >= 15 is 0 Å². The Hall–Kier alpha value is -4.71. The highest BCUT2D eigenvalue weighted by Gasteiger charge is 2.24. The van der Waals surface area contributed by atoms with Crippen LogP contribution in [0.15, 0.2) is 103 Å². The molecule has 254 valence electrons. The van der Waals surface area contributed by atoms with Crippen LogP contribution < -0.4 is 25.4 Å². The number of nitrogens with one attached hydrogen (secondary N) is 4. The Morgan fingerprint density at radius 2 is 1.44 bits per heavy atom. The molecule has 3 atom stereocenters. The lowest BCUT2D eigenvalue weighted by Crippen LogP contribution is -2.48. The van der Waals surface area contributed by atoms with E-state index < -0.39 is 34.0 Å². The zero-order chi connectivity index (χ0) is 34.5. The fourth-order valence-electron chi connectivity index (χ4n) is 5.25. The predicted octanol–water partition coefficient (Wildman–Crippen LogP) is 4.83. The molecule has 0 spiro atoms. The maximum atomic E-state index is 13.8. The predicted molar refractivity (Wildman–Crippen MR) is 189 cm³/mol. The highest BCUT2D eigenvalue weighted by Crippen LogP contribution is 2.20. The Morgan fingerprint density at radius 1 is 0.812 bits per heavy atom. The van der Waals surface area contributed by atoms with Gasteiger partial charge in [0.25, 0.3) is 11.8 Å². The Bertz CT molecular complexity index is 1750. The molecule has 0 heterocycles. The van der Waals surface area contributed by atoms with Gasteiger partial charge in [0.05, 0.1) is 36.7 Å². The summed E-state index contributed by atoms with van der Waals surface area (Å²) >= 11 is 0. The van der Waals surface area contributed by atoms with Crippen molar-refractivity contribution in [3.05, 3.63) is 131 Å². The average Bonchev–Trinajstić information content (AvgIpc) is 3.08. The zero-order valence-corrected chi connectivity index (χ0v) is 28.3. The Balaban J connectivity index is 1.57. The molecule has 0 unspecified atom stereocenters. The van der Waals surface area contributed by atoms with Crippen LogP contribution >= 0.6 is 0 Å². The third kappa shape index (κ3) is 10.9. The number of ether oxygens (including phenoxy) is 1. The molecule has 11 heteroatoms. The molecule has 0 aromatic heterocycles. The molecular formula is C37H44N4O6S. The second-order valence-electron chi connectivity index (χ2n) is 11.6. The monoisotopic (exact) mass is 672 g/mol. The van der Waals surface area contributed by atoms with Gasteiger partial charge < -0.3 is 25.8 Å². The molecule has 0 fully saturated rings. The van der Waals surface area contributed by atoms with Gasteiger partial charge in [-0.1, -0.05) is 79.7 Å². The van der Waals surface area contributed by atoms with Gasteiger partial charge in [0.2, 0.25) is 10.0 Å². The van der Waals surface area contributed by atoms with Crippen molar-refractivity contribution in [3.8, 4) is 5.75 Å². The highest BCUT2D eigenvalue weighted by molar-refractivity contribution is 7.92. The van der Waals surface area contributed by atoms with Gasteiger partial charge in [-0.2, -0.15) is 0 Å². The maximum Gasteiger partial charge on any atom is 0.251 e. The van der Waals surface area contributed by atoms with Crippen LogP contribution in [0.25, 0.3) is 0 Å². The molecule has 0 saturated carbocycles. The van der Waals surface area contributed by atoms with Gasteiger partial charge in [0.1, 0.15) is 5.75 Å². The number of anilines is 1. The number of rotatable bonds is 17. The minimum absolute atomic E-state index is 0.0683. The zero-order valence-electron chi connectivity index (χ0n) is 27.5. The highest BCUT2D eigenvalue weighted by atomic mass is 32.2. The van der Waals surface area contributed by atoms with E-state index in [-0.39, 0.29) is 35.2 Å². The van der Waals surface area contributed by atoms with Crippen molar-refractivity contribution in [1.82, 2.24) is 16.0 Å².